The van der Waals surface area contributed by atoms with Crippen LogP contribution in [0, 0.1) is 5.92 Å². The molecule has 2 aliphatic heterocycles. The van der Waals surface area contributed by atoms with Crippen LogP contribution < -0.4 is 5.32 Å². The van der Waals surface area contributed by atoms with Crippen LogP contribution in [0.15, 0.2) is 0 Å². The fourth-order valence-corrected chi connectivity index (χ4v) is 2.86. The van der Waals surface area contributed by atoms with Crippen LogP contribution >= 0.6 is 0 Å². The number of rotatable bonds is 2. The van der Waals surface area contributed by atoms with Crippen molar-refractivity contribution in [2.45, 2.75) is 19.3 Å². The highest BCUT2D eigenvalue weighted by molar-refractivity contribution is 6.34. The van der Waals surface area contributed by atoms with E-state index in [4.69, 9.17) is 4.74 Å². The van der Waals surface area contributed by atoms with Gasteiger partial charge in [-0.25, -0.2) is 0 Å². The van der Waals surface area contributed by atoms with Gasteiger partial charge in [0, 0.05) is 46.4 Å². The maximum Gasteiger partial charge on any atom is 0.312 e. The van der Waals surface area contributed by atoms with Crippen LogP contribution in [0.5, 0.6) is 0 Å². The van der Waals surface area contributed by atoms with Crippen LogP contribution in [-0.4, -0.2) is 74.6 Å². The lowest BCUT2D eigenvalue weighted by Gasteiger charge is -2.32. The summed E-state index contributed by atoms with van der Waals surface area (Å²) in [6.45, 7) is 5.08. The molecule has 0 saturated carbocycles. The summed E-state index contributed by atoms with van der Waals surface area (Å²) in [5.41, 5.74) is 0. The average molecular weight is 283 g/mol. The Morgan fingerprint density at radius 3 is 2.35 bits per heavy atom. The van der Waals surface area contributed by atoms with Crippen molar-refractivity contribution in [1.29, 1.82) is 0 Å². The van der Waals surface area contributed by atoms with E-state index in [1.165, 1.54) is 0 Å². The molecule has 0 aromatic heterocycles. The van der Waals surface area contributed by atoms with E-state index in [9.17, 15) is 9.59 Å². The first-order valence-electron chi connectivity index (χ1n) is 7.50. The fraction of sp³-hybridized carbons (Fsp3) is 0.857. The highest BCUT2D eigenvalue weighted by Gasteiger charge is 2.30. The van der Waals surface area contributed by atoms with Gasteiger partial charge in [-0.05, 0) is 31.7 Å². The first-order chi connectivity index (χ1) is 9.72. The van der Waals surface area contributed by atoms with Crippen molar-refractivity contribution in [3.63, 3.8) is 0 Å². The lowest BCUT2D eigenvalue weighted by molar-refractivity contribution is -0.152. The second-order valence-corrected chi connectivity index (χ2v) is 5.59. The third-order valence-corrected chi connectivity index (χ3v) is 4.11. The Labute approximate surface area is 120 Å². The summed E-state index contributed by atoms with van der Waals surface area (Å²) in [6.07, 6.45) is 2.76. The SMILES string of the molecule is COCC1CCN(C(=O)C(=O)N2CCCNCC2)CC1. The van der Waals surface area contributed by atoms with Gasteiger partial charge < -0.3 is 19.9 Å². The smallest absolute Gasteiger partial charge is 0.312 e. The molecule has 0 bridgehead atoms. The van der Waals surface area contributed by atoms with Crippen LogP contribution in [0.25, 0.3) is 0 Å². The Balaban J connectivity index is 1.83. The molecule has 0 unspecified atom stereocenters. The molecular weight excluding hydrogens is 258 g/mol. The summed E-state index contributed by atoms with van der Waals surface area (Å²) < 4.78 is 5.15. The van der Waals surface area contributed by atoms with E-state index in [0.29, 0.717) is 32.1 Å². The number of nitrogens with one attached hydrogen (secondary N) is 1. The molecule has 2 amide bonds. The molecule has 2 fully saturated rings. The normalized spacial score (nSPS) is 21.6. The van der Waals surface area contributed by atoms with Crippen LogP contribution in [-0.2, 0) is 14.3 Å². The van der Waals surface area contributed by atoms with E-state index in [1.807, 2.05) is 0 Å². The Bertz CT molecular complexity index is 333. The molecule has 2 rings (SSSR count). The van der Waals surface area contributed by atoms with Gasteiger partial charge >= 0.3 is 11.8 Å². The van der Waals surface area contributed by atoms with Crippen molar-refractivity contribution in [3.05, 3.63) is 0 Å². The maximum atomic E-state index is 12.3. The maximum absolute atomic E-state index is 12.3. The number of amides is 2. The number of piperidine rings is 1. The minimum Gasteiger partial charge on any atom is -0.384 e. The molecule has 0 atom stereocenters. The molecule has 2 aliphatic rings. The van der Waals surface area contributed by atoms with Gasteiger partial charge in [0.05, 0.1) is 0 Å². The zero-order chi connectivity index (χ0) is 14.4. The summed E-state index contributed by atoms with van der Waals surface area (Å²) >= 11 is 0. The lowest BCUT2D eigenvalue weighted by Crippen LogP contribution is -2.49. The summed E-state index contributed by atoms with van der Waals surface area (Å²) in [7, 11) is 1.70. The van der Waals surface area contributed by atoms with E-state index in [1.54, 1.807) is 16.9 Å². The first kappa shape index (κ1) is 15.3. The number of carbonyl (C=O) groups is 2. The first-order valence-corrected chi connectivity index (χ1v) is 7.50. The van der Waals surface area contributed by atoms with Gasteiger partial charge in [-0.1, -0.05) is 0 Å². The third-order valence-electron chi connectivity index (χ3n) is 4.11. The Morgan fingerprint density at radius 1 is 1.05 bits per heavy atom. The molecular formula is C14H25N3O3. The molecule has 1 N–H and O–H groups in total. The average Bonchev–Trinajstić information content (AvgIpc) is 2.76. The quantitative estimate of drug-likeness (QED) is 0.707. The molecule has 0 aromatic carbocycles. The molecule has 0 spiro atoms. The number of hydrogen-bond donors (Lipinski definition) is 1. The van der Waals surface area contributed by atoms with Crippen LogP contribution in [0.4, 0.5) is 0 Å². The molecule has 0 aliphatic carbocycles. The van der Waals surface area contributed by atoms with Gasteiger partial charge in [-0.15, -0.1) is 0 Å². The van der Waals surface area contributed by atoms with Gasteiger partial charge in [0.2, 0.25) is 0 Å². The monoisotopic (exact) mass is 283 g/mol. The largest absolute Gasteiger partial charge is 0.384 e. The van der Waals surface area contributed by atoms with Gasteiger partial charge in [-0.2, -0.15) is 0 Å². The van der Waals surface area contributed by atoms with E-state index in [0.717, 1.165) is 39.0 Å². The van der Waals surface area contributed by atoms with Gasteiger partial charge in [0.1, 0.15) is 0 Å². The summed E-state index contributed by atoms with van der Waals surface area (Å²) in [5, 5.41) is 3.24. The minimum atomic E-state index is -0.334. The zero-order valence-corrected chi connectivity index (χ0v) is 12.3. The molecule has 6 nitrogen and oxygen atoms in total. The van der Waals surface area contributed by atoms with E-state index in [-0.39, 0.29) is 11.8 Å². The summed E-state index contributed by atoms with van der Waals surface area (Å²) in [5.74, 6) is -0.150. The molecule has 2 saturated heterocycles. The number of likely N-dealkylation sites (tertiary alicyclic amines) is 1. The van der Waals surface area contributed by atoms with E-state index < -0.39 is 0 Å². The van der Waals surface area contributed by atoms with Crippen molar-refractivity contribution in [2.24, 2.45) is 5.92 Å². The summed E-state index contributed by atoms with van der Waals surface area (Å²) in [6, 6.07) is 0. The van der Waals surface area contributed by atoms with Crippen molar-refractivity contribution >= 4 is 11.8 Å². The van der Waals surface area contributed by atoms with Gasteiger partial charge in [0.25, 0.3) is 0 Å². The second-order valence-electron chi connectivity index (χ2n) is 5.59. The zero-order valence-electron chi connectivity index (χ0n) is 12.3. The number of hydrogen-bond acceptors (Lipinski definition) is 4. The third kappa shape index (κ3) is 3.93. The molecule has 114 valence electrons. The molecule has 0 radical (unpaired) electrons. The topological polar surface area (TPSA) is 61.9 Å². The van der Waals surface area contributed by atoms with Gasteiger partial charge in [0.15, 0.2) is 0 Å². The highest BCUT2D eigenvalue weighted by atomic mass is 16.5. The Morgan fingerprint density at radius 2 is 1.70 bits per heavy atom. The fourth-order valence-electron chi connectivity index (χ4n) is 2.86. The standard InChI is InChI=1S/C14H25N3O3/c1-20-11-12-3-8-17(9-4-12)14(19)13(18)16-7-2-5-15-6-10-16/h12,15H,2-11H2,1H3. The van der Waals surface area contributed by atoms with Crippen molar-refractivity contribution in [3.8, 4) is 0 Å². The van der Waals surface area contributed by atoms with E-state index in [2.05, 4.69) is 5.32 Å². The number of methoxy groups -OCH3 is 1. The highest BCUT2D eigenvalue weighted by Crippen LogP contribution is 2.17. The van der Waals surface area contributed by atoms with Crippen LogP contribution in [0.1, 0.15) is 19.3 Å². The second kappa shape index (κ2) is 7.59. The molecule has 6 heteroatoms. The molecule has 20 heavy (non-hydrogen) atoms. The van der Waals surface area contributed by atoms with E-state index >= 15 is 0 Å². The van der Waals surface area contributed by atoms with Crippen molar-refractivity contribution in [2.75, 3.05) is 53.0 Å². The molecule has 0 aromatic rings. The van der Waals surface area contributed by atoms with Gasteiger partial charge in [-0.3, -0.25) is 9.59 Å². The van der Waals surface area contributed by atoms with Crippen molar-refractivity contribution < 1.29 is 14.3 Å². The number of ether oxygens (including phenoxy) is 1. The Hall–Kier alpha value is -1.14. The predicted molar refractivity (Wildman–Crippen MR) is 75.2 cm³/mol. The molecule has 2 heterocycles. The van der Waals surface area contributed by atoms with Crippen molar-refractivity contribution in [1.82, 2.24) is 15.1 Å². The summed E-state index contributed by atoms with van der Waals surface area (Å²) in [4.78, 5) is 27.9. The lowest BCUT2D eigenvalue weighted by atomic mass is 9.98. The number of nitrogens with zero attached hydrogens (tertiary/aromatic N) is 2. The van der Waals surface area contributed by atoms with Crippen LogP contribution in [0.2, 0.25) is 0 Å². The Kier molecular flexibility index (Phi) is 5.79. The number of carbonyl (C=O) groups excluding carboxylic acids is 2. The predicted octanol–water partition coefficient (Wildman–Crippen LogP) is -0.307. The minimum absolute atomic E-state index is 0.331. The van der Waals surface area contributed by atoms with Crippen LogP contribution in [0.3, 0.4) is 0 Å².